The molecule has 168 valence electrons. The fourth-order valence-corrected chi connectivity index (χ4v) is 3.78. The van der Waals surface area contributed by atoms with Gasteiger partial charge in [-0.15, -0.1) is 0 Å². The quantitative estimate of drug-likeness (QED) is 0.554. The van der Waals surface area contributed by atoms with Crippen LogP contribution in [-0.2, 0) is 16.1 Å². The summed E-state index contributed by atoms with van der Waals surface area (Å²) in [5.74, 6) is -2.92. The summed E-state index contributed by atoms with van der Waals surface area (Å²) in [6.45, 7) is 3.58. The zero-order chi connectivity index (χ0) is 23.8. The fraction of sp³-hybridized carbons (Fsp3) is 0.192. The maximum atomic E-state index is 13.9. The van der Waals surface area contributed by atoms with Gasteiger partial charge in [-0.25, -0.2) is 8.78 Å². The summed E-state index contributed by atoms with van der Waals surface area (Å²) in [7, 11) is 0. The van der Waals surface area contributed by atoms with Crippen molar-refractivity contribution in [2.45, 2.75) is 32.3 Å². The first-order valence-electron chi connectivity index (χ1n) is 10.4. The summed E-state index contributed by atoms with van der Waals surface area (Å²) in [5, 5.41) is 4.05. The molecule has 5 nitrogen and oxygen atoms in total. The second kappa shape index (κ2) is 8.58. The molecular formula is C26H22F2N2O3. The zero-order valence-corrected chi connectivity index (χ0v) is 18.2. The molecule has 0 saturated carbocycles. The van der Waals surface area contributed by atoms with Crippen molar-refractivity contribution in [2.75, 3.05) is 0 Å². The number of rotatable bonds is 6. The lowest BCUT2D eigenvalue weighted by Gasteiger charge is -2.16. The van der Waals surface area contributed by atoms with Gasteiger partial charge in [-0.2, -0.15) is 0 Å². The summed E-state index contributed by atoms with van der Waals surface area (Å²) in [5.41, 5.74) is 8.70. The lowest BCUT2D eigenvalue weighted by Crippen LogP contribution is -2.41. The summed E-state index contributed by atoms with van der Waals surface area (Å²) in [6.07, 6.45) is 0.162. The Kier molecular flexibility index (Phi) is 5.80. The topological polar surface area (TPSA) is 81.8 Å². The molecule has 4 rings (SSSR count). The third-order valence-electron chi connectivity index (χ3n) is 5.83. The van der Waals surface area contributed by atoms with E-state index in [4.69, 9.17) is 10.6 Å². The Labute approximate surface area is 189 Å². The number of hydrogen-bond acceptors (Lipinski definition) is 4. The molecule has 0 aliphatic carbocycles. The van der Waals surface area contributed by atoms with Crippen LogP contribution in [0.3, 0.4) is 0 Å². The molecule has 1 atom stereocenters. The van der Waals surface area contributed by atoms with E-state index < -0.39 is 34.5 Å². The molecule has 33 heavy (non-hydrogen) atoms. The van der Waals surface area contributed by atoms with Crippen molar-refractivity contribution in [3.8, 4) is 11.1 Å². The van der Waals surface area contributed by atoms with Crippen LogP contribution in [0.5, 0.6) is 0 Å². The van der Waals surface area contributed by atoms with Crippen molar-refractivity contribution in [3.05, 3.63) is 94.6 Å². The number of primary amides is 1. The molecule has 0 aromatic heterocycles. The number of halogens is 2. The van der Waals surface area contributed by atoms with Gasteiger partial charge in [0.1, 0.15) is 11.6 Å². The Morgan fingerprint density at radius 2 is 1.67 bits per heavy atom. The summed E-state index contributed by atoms with van der Waals surface area (Å²) < 4.78 is 27.8. The van der Waals surface area contributed by atoms with E-state index in [1.807, 2.05) is 37.3 Å². The molecule has 0 saturated heterocycles. The van der Waals surface area contributed by atoms with Crippen LogP contribution in [0.4, 0.5) is 8.78 Å². The minimum Gasteiger partial charge on any atom is -0.379 e. The number of nitrogens with two attached hydrogens (primary N) is 1. The number of amides is 1. The monoisotopic (exact) mass is 448 g/mol. The van der Waals surface area contributed by atoms with Gasteiger partial charge in [0.2, 0.25) is 5.60 Å². The van der Waals surface area contributed by atoms with Gasteiger partial charge in [-0.05, 0) is 54.3 Å². The molecule has 0 spiro atoms. The number of nitrogens with zero attached hydrogens (tertiary/aromatic N) is 1. The number of carbonyl (C=O) groups is 2. The molecule has 3 aromatic carbocycles. The maximum absolute atomic E-state index is 13.9. The van der Waals surface area contributed by atoms with E-state index in [1.54, 1.807) is 19.1 Å². The molecule has 1 aliphatic rings. The zero-order valence-electron chi connectivity index (χ0n) is 18.2. The molecule has 7 heteroatoms. The number of benzene rings is 3. The highest BCUT2D eigenvalue weighted by molar-refractivity contribution is 6.06. The Hall–Kier alpha value is -3.87. The minimum absolute atomic E-state index is 0.114. The van der Waals surface area contributed by atoms with Crippen molar-refractivity contribution in [2.24, 2.45) is 10.9 Å². The first-order valence-corrected chi connectivity index (χ1v) is 10.4. The highest BCUT2D eigenvalue weighted by Crippen LogP contribution is 2.30. The Balaban J connectivity index is 1.55. The lowest BCUT2D eigenvalue weighted by molar-refractivity contribution is -0.138. The van der Waals surface area contributed by atoms with Gasteiger partial charge in [0.05, 0.1) is 11.3 Å². The molecule has 0 bridgehead atoms. The van der Waals surface area contributed by atoms with Crippen LogP contribution in [0.1, 0.15) is 40.4 Å². The maximum Gasteiger partial charge on any atom is 0.264 e. The van der Waals surface area contributed by atoms with E-state index in [0.29, 0.717) is 11.3 Å². The molecule has 1 aliphatic heterocycles. The van der Waals surface area contributed by atoms with Crippen LogP contribution in [0.25, 0.3) is 11.1 Å². The second-order valence-corrected chi connectivity index (χ2v) is 8.32. The third-order valence-corrected chi connectivity index (χ3v) is 5.83. The van der Waals surface area contributed by atoms with Crippen molar-refractivity contribution < 1.29 is 23.2 Å². The molecule has 0 radical (unpaired) electrons. The predicted octanol–water partition coefficient (Wildman–Crippen LogP) is 4.73. The summed E-state index contributed by atoms with van der Waals surface area (Å²) in [6, 6.07) is 16.4. The average molecular weight is 448 g/mol. The van der Waals surface area contributed by atoms with Gasteiger partial charge >= 0.3 is 0 Å². The summed E-state index contributed by atoms with van der Waals surface area (Å²) >= 11 is 0. The molecule has 0 fully saturated rings. The van der Waals surface area contributed by atoms with E-state index in [0.717, 1.165) is 34.4 Å². The Morgan fingerprint density at radius 1 is 1.03 bits per heavy atom. The number of carbonyl (C=O) groups excluding carboxylic acids is 2. The molecule has 3 aromatic rings. The fourth-order valence-electron chi connectivity index (χ4n) is 3.78. The number of hydrogen-bond donors (Lipinski definition) is 1. The number of oxime groups is 1. The van der Waals surface area contributed by atoms with E-state index >= 15 is 0 Å². The second-order valence-electron chi connectivity index (χ2n) is 8.32. The van der Waals surface area contributed by atoms with Gasteiger partial charge in [0.15, 0.2) is 5.78 Å². The van der Waals surface area contributed by atoms with Gasteiger partial charge in [-0.3, -0.25) is 9.59 Å². The highest BCUT2D eigenvalue weighted by atomic mass is 19.1. The number of aryl methyl sites for hydroxylation is 1. The van der Waals surface area contributed by atoms with Crippen LogP contribution in [0.15, 0.2) is 65.8 Å². The largest absolute Gasteiger partial charge is 0.379 e. The number of Topliss-reactive ketones (excluding diaryl/α,β-unsaturated/α-hetero) is 1. The predicted molar refractivity (Wildman–Crippen MR) is 121 cm³/mol. The van der Waals surface area contributed by atoms with Gasteiger partial charge < -0.3 is 10.6 Å². The van der Waals surface area contributed by atoms with Crippen LogP contribution in [0, 0.1) is 18.6 Å². The van der Waals surface area contributed by atoms with Crippen LogP contribution in [0.2, 0.25) is 0 Å². The Morgan fingerprint density at radius 3 is 2.27 bits per heavy atom. The van der Waals surface area contributed by atoms with Crippen molar-refractivity contribution in [3.63, 3.8) is 0 Å². The van der Waals surface area contributed by atoms with Crippen LogP contribution in [-0.4, -0.2) is 23.0 Å². The highest BCUT2D eigenvalue weighted by Gasteiger charge is 2.40. The van der Waals surface area contributed by atoms with E-state index in [9.17, 15) is 18.4 Å². The lowest BCUT2D eigenvalue weighted by atomic mass is 9.91. The SMILES string of the molecule is Cc1ccc(C2=NOC(C)(C(N)=O)C2)cc1-c1ccc(CC(=O)c2c(F)cccc2F)cc1. The minimum atomic E-state index is -1.16. The smallest absolute Gasteiger partial charge is 0.264 e. The van der Waals surface area contributed by atoms with Crippen LogP contribution >= 0.6 is 0 Å². The first-order chi connectivity index (χ1) is 15.7. The molecule has 1 amide bonds. The van der Waals surface area contributed by atoms with Crippen molar-refractivity contribution >= 4 is 17.4 Å². The third kappa shape index (κ3) is 4.39. The summed E-state index contributed by atoms with van der Waals surface area (Å²) in [4.78, 5) is 29.3. The van der Waals surface area contributed by atoms with Gasteiger partial charge in [0, 0.05) is 18.4 Å². The van der Waals surface area contributed by atoms with Crippen molar-refractivity contribution in [1.82, 2.24) is 0 Å². The normalized spacial score (nSPS) is 17.4. The van der Waals surface area contributed by atoms with E-state index in [2.05, 4.69) is 5.16 Å². The Bertz CT molecular complexity index is 1260. The van der Waals surface area contributed by atoms with Crippen LogP contribution < -0.4 is 5.73 Å². The van der Waals surface area contributed by atoms with Crippen molar-refractivity contribution in [1.29, 1.82) is 0 Å². The van der Waals surface area contributed by atoms with E-state index in [1.165, 1.54) is 6.07 Å². The average Bonchev–Trinajstić information content (AvgIpc) is 3.18. The first kappa shape index (κ1) is 22.3. The molecular weight excluding hydrogens is 426 g/mol. The molecule has 1 heterocycles. The van der Waals surface area contributed by atoms with Gasteiger partial charge in [0.25, 0.3) is 5.91 Å². The standard InChI is InChI=1S/C26H22F2N2O3/c1-15-6-9-18(22-14-26(2,25(29)32)33-30-22)13-19(15)17-10-7-16(8-11-17)12-23(31)24-20(27)4-3-5-21(24)28/h3-11,13H,12,14H2,1-2H3,(H2,29,32). The molecule has 1 unspecified atom stereocenters. The van der Waals surface area contributed by atoms with E-state index in [-0.39, 0.29) is 12.8 Å². The molecule has 2 N–H and O–H groups in total. The van der Waals surface area contributed by atoms with Gasteiger partial charge in [-0.1, -0.05) is 47.6 Å². The number of ketones is 1.